The van der Waals surface area contributed by atoms with Crippen LogP contribution < -0.4 is 5.32 Å². The Labute approximate surface area is 78.3 Å². The number of likely N-dealkylation sites (tertiary alicyclic amines) is 1. The van der Waals surface area contributed by atoms with Gasteiger partial charge in [0.05, 0.1) is 12.0 Å². The third-order valence-electron chi connectivity index (χ3n) is 2.73. The molecule has 0 aromatic carbocycles. The van der Waals surface area contributed by atoms with Crippen LogP contribution in [0.1, 0.15) is 13.8 Å². The van der Waals surface area contributed by atoms with Crippen LogP contribution in [-0.2, 0) is 0 Å². The molecule has 0 saturated carbocycles. The van der Waals surface area contributed by atoms with Gasteiger partial charge in [-0.05, 0) is 7.05 Å². The van der Waals surface area contributed by atoms with Gasteiger partial charge in [0, 0.05) is 19.6 Å². The Hall–Kier alpha value is -0.220. The minimum atomic E-state index is -2.49. The quantitative estimate of drug-likeness (QED) is 0.620. The molecule has 0 unspecified atom stereocenters. The number of nitrogens with one attached hydrogen (secondary N) is 1. The third-order valence-corrected chi connectivity index (χ3v) is 2.73. The molecule has 2 heterocycles. The zero-order chi connectivity index (χ0) is 10.1. The highest BCUT2D eigenvalue weighted by molar-refractivity contribution is 5.09. The lowest BCUT2D eigenvalue weighted by atomic mass is 9.77. The van der Waals surface area contributed by atoms with Crippen molar-refractivity contribution in [1.29, 1.82) is 0 Å². The molecule has 13 heavy (non-hydrogen) atoms. The van der Waals surface area contributed by atoms with Crippen molar-refractivity contribution in [3.63, 3.8) is 0 Å². The van der Waals surface area contributed by atoms with Crippen LogP contribution in [0.4, 0.5) is 8.78 Å². The number of hydrogen-bond donors (Lipinski definition) is 1. The summed E-state index contributed by atoms with van der Waals surface area (Å²) in [6, 6.07) is 0. The van der Waals surface area contributed by atoms with Gasteiger partial charge >= 0.3 is 0 Å². The van der Waals surface area contributed by atoms with Crippen LogP contribution in [0, 0.1) is 5.41 Å². The standard InChI is InChI=1S/C7H12F2N2.C2H6/c1-11-4-6(5-11)2-10-3-7(6,8)9;1-2/h10H,2-5H2,1H3;1-2H3. The molecule has 0 aromatic heterocycles. The van der Waals surface area contributed by atoms with Crippen LogP contribution in [0.15, 0.2) is 0 Å². The highest BCUT2D eigenvalue weighted by Crippen LogP contribution is 2.45. The molecule has 2 rings (SSSR count). The van der Waals surface area contributed by atoms with Crippen molar-refractivity contribution in [2.24, 2.45) is 5.41 Å². The smallest absolute Gasteiger partial charge is 0.269 e. The average molecular weight is 192 g/mol. The predicted molar refractivity (Wildman–Crippen MR) is 49.1 cm³/mol. The largest absolute Gasteiger partial charge is 0.310 e. The van der Waals surface area contributed by atoms with Crippen molar-refractivity contribution in [2.45, 2.75) is 19.8 Å². The first-order chi connectivity index (χ1) is 6.06. The zero-order valence-corrected chi connectivity index (χ0v) is 8.53. The summed E-state index contributed by atoms with van der Waals surface area (Å²) < 4.78 is 26.3. The first kappa shape index (κ1) is 10.9. The fraction of sp³-hybridized carbons (Fsp3) is 1.00. The normalized spacial score (nSPS) is 29.3. The summed E-state index contributed by atoms with van der Waals surface area (Å²) in [6.45, 7) is 5.41. The topological polar surface area (TPSA) is 15.3 Å². The van der Waals surface area contributed by atoms with Gasteiger partial charge in [-0.25, -0.2) is 8.78 Å². The van der Waals surface area contributed by atoms with Crippen LogP contribution in [0.5, 0.6) is 0 Å². The van der Waals surface area contributed by atoms with Crippen molar-refractivity contribution in [1.82, 2.24) is 10.2 Å². The average Bonchev–Trinajstić information content (AvgIpc) is 2.31. The molecular formula is C9H18F2N2. The Morgan fingerprint density at radius 1 is 1.15 bits per heavy atom. The molecule has 0 atom stereocenters. The van der Waals surface area contributed by atoms with E-state index in [4.69, 9.17) is 0 Å². The molecule has 0 amide bonds. The van der Waals surface area contributed by atoms with E-state index in [1.807, 2.05) is 25.8 Å². The number of nitrogens with zero attached hydrogens (tertiary/aromatic N) is 1. The van der Waals surface area contributed by atoms with Crippen molar-refractivity contribution in [3.8, 4) is 0 Å². The molecule has 2 aliphatic heterocycles. The van der Waals surface area contributed by atoms with E-state index in [0.717, 1.165) is 0 Å². The maximum absolute atomic E-state index is 13.1. The second-order valence-electron chi connectivity index (χ2n) is 3.76. The molecule has 0 bridgehead atoms. The highest BCUT2D eigenvalue weighted by Gasteiger charge is 2.62. The minimum Gasteiger partial charge on any atom is -0.310 e. The Kier molecular flexibility index (Phi) is 2.92. The van der Waals surface area contributed by atoms with Crippen molar-refractivity contribution >= 4 is 0 Å². The molecule has 2 nitrogen and oxygen atoms in total. The number of alkyl halides is 2. The Balaban J connectivity index is 0.000000396. The molecule has 78 valence electrons. The van der Waals surface area contributed by atoms with E-state index in [-0.39, 0.29) is 6.54 Å². The molecule has 1 N–H and O–H groups in total. The lowest BCUT2D eigenvalue weighted by Gasteiger charge is -2.48. The van der Waals surface area contributed by atoms with E-state index in [1.54, 1.807) is 0 Å². The molecular weight excluding hydrogens is 174 g/mol. The zero-order valence-electron chi connectivity index (χ0n) is 8.53. The Morgan fingerprint density at radius 3 is 2.00 bits per heavy atom. The van der Waals surface area contributed by atoms with E-state index in [2.05, 4.69) is 5.32 Å². The lowest BCUT2D eigenvalue weighted by molar-refractivity contribution is -0.149. The molecule has 2 aliphatic rings. The van der Waals surface area contributed by atoms with Gasteiger partial charge in [0.25, 0.3) is 5.92 Å². The summed E-state index contributed by atoms with van der Waals surface area (Å²) in [5, 5.41) is 2.75. The fourth-order valence-corrected chi connectivity index (χ4v) is 2.11. The number of halogens is 2. The molecule has 4 heteroatoms. The predicted octanol–water partition coefficient (Wildman–Crippen LogP) is 1.18. The van der Waals surface area contributed by atoms with E-state index >= 15 is 0 Å². The second-order valence-corrected chi connectivity index (χ2v) is 3.76. The van der Waals surface area contributed by atoms with Gasteiger partial charge in [-0.1, -0.05) is 13.8 Å². The van der Waals surface area contributed by atoms with E-state index in [0.29, 0.717) is 19.6 Å². The monoisotopic (exact) mass is 192 g/mol. The van der Waals surface area contributed by atoms with E-state index in [1.165, 1.54) is 0 Å². The van der Waals surface area contributed by atoms with E-state index < -0.39 is 11.3 Å². The van der Waals surface area contributed by atoms with Crippen molar-refractivity contribution in [2.75, 3.05) is 33.2 Å². The Morgan fingerprint density at radius 2 is 1.69 bits per heavy atom. The van der Waals surface area contributed by atoms with Gasteiger partial charge < -0.3 is 10.2 Å². The van der Waals surface area contributed by atoms with Crippen molar-refractivity contribution < 1.29 is 8.78 Å². The molecule has 0 aliphatic carbocycles. The SMILES string of the molecule is CC.CN1CC2(CNCC2(F)F)C1. The highest BCUT2D eigenvalue weighted by atomic mass is 19.3. The van der Waals surface area contributed by atoms with Gasteiger partial charge in [0.2, 0.25) is 0 Å². The van der Waals surface area contributed by atoms with Gasteiger partial charge in [0.1, 0.15) is 0 Å². The number of hydrogen-bond acceptors (Lipinski definition) is 2. The summed E-state index contributed by atoms with van der Waals surface area (Å²) in [5.41, 5.74) is -0.734. The van der Waals surface area contributed by atoms with Crippen molar-refractivity contribution in [3.05, 3.63) is 0 Å². The van der Waals surface area contributed by atoms with Gasteiger partial charge in [-0.2, -0.15) is 0 Å². The van der Waals surface area contributed by atoms with Crippen LogP contribution in [-0.4, -0.2) is 44.0 Å². The number of rotatable bonds is 0. The maximum Gasteiger partial charge on any atom is 0.269 e. The third kappa shape index (κ3) is 1.57. The summed E-state index contributed by atoms with van der Waals surface area (Å²) in [6.07, 6.45) is 0. The summed E-state index contributed by atoms with van der Waals surface area (Å²) in [5.74, 6) is -2.49. The lowest BCUT2D eigenvalue weighted by Crippen LogP contribution is -2.63. The van der Waals surface area contributed by atoms with E-state index in [9.17, 15) is 8.78 Å². The first-order valence-electron chi connectivity index (χ1n) is 4.83. The Bertz CT molecular complexity index is 176. The minimum absolute atomic E-state index is 0.138. The molecule has 2 fully saturated rings. The van der Waals surface area contributed by atoms with Crippen LogP contribution >= 0.6 is 0 Å². The first-order valence-corrected chi connectivity index (χ1v) is 4.83. The summed E-state index contributed by atoms with van der Waals surface area (Å²) in [7, 11) is 1.87. The van der Waals surface area contributed by atoms with Crippen LogP contribution in [0.2, 0.25) is 0 Å². The van der Waals surface area contributed by atoms with Gasteiger partial charge in [0.15, 0.2) is 0 Å². The molecule has 0 radical (unpaired) electrons. The summed E-state index contributed by atoms with van der Waals surface area (Å²) >= 11 is 0. The molecule has 1 spiro atoms. The molecule has 0 aromatic rings. The van der Waals surface area contributed by atoms with Gasteiger partial charge in [-0.15, -0.1) is 0 Å². The van der Waals surface area contributed by atoms with Gasteiger partial charge in [-0.3, -0.25) is 0 Å². The van der Waals surface area contributed by atoms with Crippen LogP contribution in [0.3, 0.4) is 0 Å². The maximum atomic E-state index is 13.1. The fourth-order valence-electron chi connectivity index (χ4n) is 2.11. The summed E-state index contributed by atoms with van der Waals surface area (Å²) in [4.78, 5) is 1.93. The molecule has 2 saturated heterocycles. The van der Waals surface area contributed by atoms with Crippen LogP contribution in [0.25, 0.3) is 0 Å². The second kappa shape index (κ2) is 3.50.